The second-order valence-corrected chi connectivity index (χ2v) is 13.2. The smallest absolute Gasteiger partial charge is 0.348 e. The fraction of sp³-hybridized carbons (Fsp3) is 0.282. The summed E-state index contributed by atoms with van der Waals surface area (Å²) < 4.78 is 14.4. The lowest BCUT2D eigenvalue weighted by Crippen LogP contribution is -2.31. The molecule has 0 aliphatic carbocycles. The van der Waals surface area contributed by atoms with Crippen LogP contribution in [0.1, 0.15) is 71.6 Å². The van der Waals surface area contributed by atoms with Crippen molar-refractivity contribution in [3.05, 3.63) is 146 Å². The molecule has 0 bridgehead atoms. The Labute approximate surface area is 299 Å². The molecule has 3 aromatic carbocycles. The number of rotatable bonds is 17. The summed E-state index contributed by atoms with van der Waals surface area (Å²) in [5.74, 6) is -1.22. The summed E-state index contributed by atoms with van der Waals surface area (Å²) in [4.78, 5) is 64.2. The van der Waals surface area contributed by atoms with Gasteiger partial charge in [0.05, 0.1) is 5.69 Å². The first-order valence-electron chi connectivity index (χ1n) is 16.9. The standard InChI is InChI=1S/C39H40FN5O5S/c1-2-3-4-5-9-20-44(23-27-10-7-6-8-11-27)37(49)31-16-14-30(15-17-31)35-33(21-29-22-41-39(50)45(24-29)25-34(46)47)36(48)43-38(42-35)51-26-28-12-18-32(40)19-13-28/h6-8,10-19,22,24H,2-5,9,20-21,23,25-26H2,1H3,(H,46,47)(H,42,43,48). The Bertz CT molecular complexity index is 2050. The Morgan fingerprint density at radius 1 is 0.902 bits per heavy atom. The highest BCUT2D eigenvalue weighted by Crippen LogP contribution is 2.27. The quantitative estimate of drug-likeness (QED) is 0.0617. The molecule has 0 fully saturated rings. The fourth-order valence-corrected chi connectivity index (χ4v) is 6.47. The molecule has 264 valence electrons. The number of aromatic nitrogens is 4. The summed E-state index contributed by atoms with van der Waals surface area (Å²) in [5, 5.41) is 9.57. The monoisotopic (exact) mass is 709 g/mol. The molecule has 5 aromatic rings. The van der Waals surface area contributed by atoms with Crippen molar-refractivity contribution in [2.75, 3.05) is 6.54 Å². The molecule has 2 N–H and O–H groups in total. The topological polar surface area (TPSA) is 138 Å². The number of aliphatic carboxylic acids is 1. The maximum atomic E-state index is 13.9. The number of nitrogens with one attached hydrogen (secondary N) is 1. The highest BCUT2D eigenvalue weighted by Gasteiger charge is 2.19. The summed E-state index contributed by atoms with van der Waals surface area (Å²) in [5.41, 5.74) is 2.94. The number of amides is 1. The zero-order valence-corrected chi connectivity index (χ0v) is 29.2. The van der Waals surface area contributed by atoms with E-state index in [-0.39, 0.29) is 23.7 Å². The average Bonchev–Trinajstić information content (AvgIpc) is 3.13. The number of nitrogens with zero attached hydrogens (tertiary/aromatic N) is 4. The molecule has 0 unspecified atom stereocenters. The van der Waals surface area contributed by atoms with E-state index >= 15 is 0 Å². The average molecular weight is 710 g/mol. The molecule has 0 aliphatic heterocycles. The molecule has 1 amide bonds. The van der Waals surface area contributed by atoms with E-state index < -0.39 is 23.8 Å². The Kier molecular flexibility index (Phi) is 13.1. The molecule has 2 heterocycles. The molecule has 0 radical (unpaired) electrons. The molecule has 0 atom stereocenters. The Balaban J connectivity index is 1.45. The molecule has 0 spiro atoms. The van der Waals surface area contributed by atoms with Gasteiger partial charge in [-0.15, -0.1) is 0 Å². The Morgan fingerprint density at radius 3 is 2.33 bits per heavy atom. The summed E-state index contributed by atoms with van der Waals surface area (Å²) >= 11 is 1.28. The van der Waals surface area contributed by atoms with E-state index in [0.717, 1.165) is 41.4 Å². The van der Waals surface area contributed by atoms with E-state index in [4.69, 9.17) is 4.98 Å². The first-order chi connectivity index (χ1) is 24.7. The lowest BCUT2D eigenvalue weighted by molar-refractivity contribution is -0.137. The highest BCUT2D eigenvalue weighted by atomic mass is 32.2. The van der Waals surface area contributed by atoms with Crippen LogP contribution in [0.5, 0.6) is 0 Å². The highest BCUT2D eigenvalue weighted by molar-refractivity contribution is 7.98. The predicted octanol–water partition coefficient (Wildman–Crippen LogP) is 6.71. The van der Waals surface area contributed by atoms with Gasteiger partial charge < -0.3 is 15.0 Å². The van der Waals surface area contributed by atoms with E-state index in [2.05, 4.69) is 16.9 Å². The molecular formula is C39H40FN5O5S. The third-order valence-corrected chi connectivity index (χ3v) is 9.26. The van der Waals surface area contributed by atoms with E-state index in [9.17, 15) is 28.7 Å². The van der Waals surface area contributed by atoms with Gasteiger partial charge in [-0.3, -0.25) is 19.0 Å². The lowest BCUT2D eigenvalue weighted by atomic mass is 10.0. The zero-order chi connectivity index (χ0) is 36.2. The summed E-state index contributed by atoms with van der Waals surface area (Å²) in [6, 6.07) is 23.0. The summed E-state index contributed by atoms with van der Waals surface area (Å²) in [7, 11) is 0. The minimum absolute atomic E-state index is 0.0110. The third kappa shape index (κ3) is 10.6. The number of hydrogen-bond donors (Lipinski definition) is 2. The molecule has 12 heteroatoms. The summed E-state index contributed by atoms with van der Waals surface area (Å²) in [6.45, 7) is 2.72. The van der Waals surface area contributed by atoms with Gasteiger partial charge in [-0.1, -0.05) is 99.0 Å². The van der Waals surface area contributed by atoms with Crippen LogP contribution in [0.15, 0.2) is 106 Å². The van der Waals surface area contributed by atoms with Crippen LogP contribution in [0.25, 0.3) is 11.3 Å². The van der Waals surface area contributed by atoms with Crippen LogP contribution in [0.2, 0.25) is 0 Å². The van der Waals surface area contributed by atoms with Crippen LogP contribution in [-0.2, 0) is 30.1 Å². The number of carbonyl (C=O) groups is 2. The number of carboxylic acid groups (broad SMARTS) is 1. The molecule has 51 heavy (non-hydrogen) atoms. The van der Waals surface area contributed by atoms with Crippen molar-refractivity contribution in [1.29, 1.82) is 0 Å². The minimum atomic E-state index is -1.20. The third-order valence-electron chi connectivity index (χ3n) is 8.32. The fourth-order valence-electron chi connectivity index (χ4n) is 5.65. The second-order valence-electron chi connectivity index (χ2n) is 12.3. The number of benzene rings is 3. The number of unbranched alkanes of at least 4 members (excludes halogenated alkanes) is 4. The van der Waals surface area contributed by atoms with Crippen LogP contribution < -0.4 is 11.2 Å². The van der Waals surface area contributed by atoms with Gasteiger partial charge in [-0.25, -0.2) is 19.2 Å². The van der Waals surface area contributed by atoms with Gasteiger partial charge in [0.2, 0.25) is 0 Å². The predicted molar refractivity (Wildman–Crippen MR) is 195 cm³/mol. The SMILES string of the molecule is CCCCCCCN(Cc1ccccc1)C(=O)c1ccc(-c2nc(SCc3ccc(F)cc3)[nH]c(=O)c2Cc2cnc(=O)n(CC(=O)O)c2)cc1. The molecule has 0 aliphatic rings. The van der Waals surface area contributed by atoms with Gasteiger partial charge in [0.25, 0.3) is 11.5 Å². The van der Waals surface area contributed by atoms with E-state index in [1.165, 1.54) is 42.7 Å². The number of carboxylic acids is 1. The van der Waals surface area contributed by atoms with Crippen molar-refractivity contribution in [3.8, 4) is 11.3 Å². The molecular weight excluding hydrogens is 670 g/mol. The number of thioether (sulfide) groups is 1. The molecule has 0 saturated heterocycles. The van der Waals surface area contributed by atoms with E-state index in [0.29, 0.717) is 46.4 Å². The van der Waals surface area contributed by atoms with E-state index in [1.807, 2.05) is 35.2 Å². The van der Waals surface area contributed by atoms with E-state index in [1.54, 1.807) is 36.4 Å². The Morgan fingerprint density at radius 2 is 1.63 bits per heavy atom. The van der Waals surface area contributed by atoms with Crippen LogP contribution >= 0.6 is 11.8 Å². The minimum Gasteiger partial charge on any atom is -0.480 e. The molecule has 0 saturated carbocycles. The molecule has 5 rings (SSSR count). The van der Waals surface area contributed by atoms with Crippen LogP contribution in [0, 0.1) is 5.82 Å². The number of H-pyrrole nitrogens is 1. The number of hydrogen-bond acceptors (Lipinski definition) is 7. The van der Waals surface area contributed by atoms with Gasteiger partial charge in [0.1, 0.15) is 12.4 Å². The van der Waals surface area contributed by atoms with Crippen molar-refractivity contribution in [2.45, 2.75) is 69.4 Å². The van der Waals surface area contributed by atoms with Crippen LogP contribution in [-0.4, -0.2) is 47.9 Å². The van der Waals surface area contributed by atoms with Crippen molar-refractivity contribution in [2.24, 2.45) is 0 Å². The van der Waals surface area contributed by atoms with Crippen LogP contribution in [0.4, 0.5) is 4.39 Å². The second kappa shape index (κ2) is 18.0. The van der Waals surface area contributed by atoms with Gasteiger partial charge in [0, 0.05) is 54.3 Å². The van der Waals surface area contributed by atoms with Crippen molar-refractivity contribution >= 4 is 23.6 Å². The normalized spacial score (nSPS) is 11.0. The van der Waals surface area contributed by atoms with Gasteiger partial charge in [-0.05, 0) is 47.4 Å². The molecule has 10 nitrogen and oxygen atoms in total. The first-order valence-corrected chi connectivity index (χ1v) is 17.9. The van der Waals surface area contributed by atoms with Crippen LogP contribution in [0.3, 0.4) is 0 Å². The number of carbonyl (C=O) groups excluding carboxylic acids is 1. The molecule has 2 aromatic heterocycles. The van der Waals surface area contributed by atoms with Gasteiger partial charge >= 0.3 is 11.7 Å². The van der Waals surface area contributed by atoms with Crippen molar-refractivity contribution in [1.82, 2.24) is 24.4 Å². The van der Waals surface area contributed by atoms with Gasteiger partial charge in [-0.2, -0.15) is 0 Å². The van der Waals surface area contributed by atoms with Crippen molar-refractivity contribution in [3.63, 3.8) is 0 Å². The summed E-state index contributed by atoms with van der Waals surface area (Å²) in [6.07, 6.45) is 8.09. The van der Waals surface area contributed by atoms with Gasteiger partial charge in [0.15, 0.2) is 5.16 Å². The maximum Gasteiger partial charge on any atom is 0.348 e. The maximum absolute atomic E-state index is 13.9. The number of halogens is 1. The Hall–Kier alpha value is -5.36. The largest absolute Gasteiger partial charge is 0.480 e. The lowest BCUT2D eigenvalue weighted by Gasteiger charge is -2.23. The first kappa shape index (κ1) is 36.9. The zero-order valence-electron chi connectivity index (χ0n) is 28.4. The van der Waals surface area contributed by atoms with Crippen molar-refractivity contribution < 1.29 is 19.1 Å². The number of aromatic amines is 1.